The van der Waals surface area contributed by atoms with Gasteiger partial charge in [0.2, 0.25) is 22.0 Å². The van der Waals surface area contributed by atoms with E-state index < -0.39 is 0 Å². The molecule has 0 bridgehead atoms. The zero-order chi connectivity index (χ0) is 29.1. The van der Waals surface area contributed by atoms with E-state index in [0.29, 0.717) is 28.0 Å². The molecule has 0 radical (unpaired) electrons. The third kappa shape index (κ3) is 5.99. The molecule has 2 aromatic heterocycles. The zero-order valence-corrected chi connectivity index (χ0v) is 24.1. The minimum Gasteiger partial charge on any atom is -0.493 e. The van der Waals surface area contributed by atoms with Crippen LogP contribution in [-0.4, -0.2) is 36.4 Å². The average molecular weight is 597 g/mol. The number of H-pyrrole nitrogens is 2. The van der Waals surface area contributed by atoms with Crippen LogP contribution in [-0.2, 0) is 0 Å². The van der Waals surface area contributed by atoms with Crippen LogP contribution in [0.25, 0.3) is 32.9 Å². The highest BCUT2D eigenvalue weighted by Gasteiger charge is 2.15. The van der Waals surface area contributed by atoms with Crippen molar-refractivity contribution in [2.24, 2.45) is 20.5 Å². The minimum absolute atomic E-state index is 0.0704. The Bertz CT molecular complexity index is 1850. The van der Waals surface area contributed by atoms with Gasteiger partial charge < -0.3 is 30.8 Å². The number of fused-ring (bicyclic) bond motifs is 2. The SMILES string of the molecule is Oc1[nH]c2ccccc2c1N=NC(=S)Nc1cccc(-c2ccc3c(N=NC(=S)NC4CCCCC4)c(O)[nH]c3c2)c1. The lowest BCUT2D eigenvalue weighted by atomic mass is 9.96. The van der Waals surface area contributed by atoms with E-state index in [0.717, 1.165) is 45.9 Å². The van der Waals surface area contributed by atoms with Gasteiger partial charge in [0.1, 0.15) is 0 Å². The largest absolute Gasteiger partial charge is 0.493 e. The Morgan fingerprint density at radius 3 is 2.17 bits per heavy atom. The number of aromatic amines is 2. The average Bonchev–Trinajstić information content (AvgIpc) is 3.49. The lowest BCUT2D eigenvalue weighted by molar-refractivity contribution is 0.414. The molecule has 1 aliphatic carbocycles. The minimum atomic E-state index is -0.0706. The van der Waals surface area contributed by atoms with Gasteiger partial charge in [-0.25, -0.2) is 0 Å². The zero-order valence-electron chi connectivity index (χ0n) is 22.5. The van der Waals surface area contributed by atoms with E-state index in [1.54, 1.807) is 0 Å². The van der Waals surface area contributed by atoms with Crippen molar-refractivity contribution in [2.45, 2.75) is 38.1 Å². The number of hydrogen-bond donors (Lipinski definition) is 6. The molecule has 3 aromatic carbocycles. The van der Waals surface area contributed by atoms with Gasteiger partial charge in [-0.1, -0.05) is 55.7 Å². The molecule has 0 amide bonds. The Kier molecular flexibility index (Phi) is 7.89. The number of nitrogens with zero attached hydrogens (tertiary/aromatic N) is 4. The molecule has 0 atom stereocenters. The maximum atomic E-state index is 10.5. The van der Waals surface area contributed by atoms with Gasteiger partial charge in [0, 0.05) is 22.5 Å². The van der Waals surface area contributed by atoms with Crippen molar-refractivity contribution in [3.05, 3.63) is 66.7 Å². The van der Waals surface area contributed by atoms with E-state index in [-0.39, 0.29) is 16.9 Å². The molecule has 0 spiro atoms. The normalized spacial score (nSPS) is 14.3. The summed E-state index contributed by atoms with van der Waals surface area (Å²) in [5, 5.41) is 45.7. The summed E-state index contributed by atoms with van der Waals surface area (Å²) in [4.78, 5) is 5.86. The fraction of sp³-hybridized carbons (Fsp3) is 0.200. The van der Waals surface area contributed by atoms with E-state index in [2.05, 4.69) is 41.1 Å². The number of aromatic hydroxyl groups is 2. The van der Waals surface area contributed by atoms with Crippen molar-refractivity contribution in [3.8, 4) is 22.9 Å². The molecular weight excluding hydrogens is 569 g/mol. The fourth-order valence-electron chi connectivity index (χ4n) is 5.23. The van der Waals surface area contributed by atoms with E-state index in [4.69, 9.17) is 24.4 Å². The number of para-hydroxylation sites is 1. The van der Waals surface area contributed by atoms with Gasteiger partial charge in [0.05, 0.1) is 11.0 Å². The van der Waals surface area contributed by atoms with Crippen molar-refractivity contribution in [1.82, 2.24) is 15.3 Å². The molecule has 1 aliphatic rings. The number of azo groups is 2. The summed E-state index contributed by atoms with van der Waals surface area (Å²) in [5.74, 6) is -0.141. The molecule has 1 saturated carbocycles. The van der Waals surface area contributed by atoms with Crippen LogP contribution in [0, 0.1) is 0 Å². The number of benzene rings is 3. The van der Waals surface area contributed by atoms with E-state index in [9.17, 15) is 10.2 Å². The van der Waals surface area contributed by atoms with Gasteiger partial charge in [0.15, 0.2) is 11.4 Å². The molecule has 10 nitrogen and oxygen atoms in total. The number of hydrogen-bond acceptors (Lipinski definition) is 6. The Labute approximate surface area is 252 Å². The van der Waals surface area contributed by atoms with E-state index >= 15 is 0 Å². The number of thiocarbonyl (C=S) groups is 2. The smallest absolute Gasteiger partial charge is 0.218 e. The Morgan fingerprint density at radius 1 is 0.714 bits per heavy atom. The first kappa shape index (κ1) is 27.5. The Balaban J connectivity index is 1.16. The topological polar surface area (TPSA) is 146 Å². The fourth-order valence-corrected chi connectivity index (χ4v) is 5.60. The first-order valence-corrected chi connectivity index (χ1v) is 14.5. The van der Waals surface area contributed by atoms with Gasteiger partial charge in [-0.15, -0.1) is 20.5 Å². The summed E-state index contributed by atoms with van der Waals surface area (Å²) < 4.78 is 0. The second-order valence-corrected chi connectivity index (χ2v) is 10.9. The van der Waals surface area contributed by atoms with Gasteiger partial charge in [-0.2, -0.15) is 0 Å². The summed E-state index contributed by atoms with van der Waals surface area (Å²) in [6, 6.07) is 21.2. The summed E-state index contributed by atoms with van der Waals surface area (Å²) in [6.45, 7) is 0. The molecule has 0 unspecified atom stereocenters. The molecule has 212 valence electrons. The van der Waals surface area contributed by atoms with Crippen LogP contribution in [0.15, 0.2) is 87.2 Å². The van der Waals surface area contributed by atoms with Crippen molar-refractivity contribution in [3.63, 3.8) is 0 Å². The summed E-state index contributed by atoms with van der Waals surface area (Å²) >= 11 is 10.7. The van der Waals surface area contributed by atoms with Crippen LogP contribution in [0.1, 0.15) is 32.1 Å². The van der Waals surface area contributed by atoms with Crippen LogP contribution in [0.2, 0.25) is 0 Å². The van der Waals surface area contributed by atoms with Crippen LogP contribution in [0.4, 0.5) is 17.1 Å². The van der Waals surface area contributed by atoms with Crippen LogP contribution >= 0.6 is 24.4 Å². The van der Waals surface area contributed by atoms with Gasteiger partial charge in [0.25, 0.3) is 0 Å². The molecular formula is C30H28N8O2S2. The molecule has 2 heterocycles. The second-order valence-electron chi connectivity index (χ2n) is 10.1. The van der Waals surface area contributed by atoms with Crippen LogP contribution in [0.3, 0.4) is 0 Å². The van der Waals surface area contributed by atoms with E-state index in [1.807, 2.05) is 66.7 Å². The van der Waals surface area contributed by atoms with Gasteiger partial charge >= 0.3 is 0 Å². The van der Waals surface area contributed by atoms with Crippen LogP contribution < -0.4 is 10.6 Å². The first-order valence-electron chi connectivity index (χ1n) is 13.6. The van der Waals surface area contributed by atoms with Gasteiger partial charge in [-0.05, 0) is 78.7 Å². The molecule has 12 heteroatoms. The van der Waals surface area contributed by atoms with Crippen molar-refractivity contribution in [1.29, 1.82) is 0 Å². The summed E-state index contributed by atoms with van der Waals surface area (Å²) in [6.07, 6.45) is 5.81. The highest BCUT2D eigenvalue weighted by Crippen LogP contribution is 2.38. The predicted molar refractivity (Wildman–Crippen MR) is 173 cm³/mol. The first-order chi connectivity index (χ1) is 20.4. The second kappa shape index (κ2) is 12.0. The van der Waals surface area contributed by atoms with Crippen molar-refractivity contribution in [2.75, 3.05) is 5.32 Å². The van der Waals surface area contributed by atoms with E-state index in [1.165, 1.54) is 19.3 Å². The Morgan fingerprint density at radius 2 is 1.38 bits per heavy atom. The van der Waals surface area contributed by atoms with Crippen molar-refractivity contribution < 1.29 is 10.2 Å². The maximum Gasteiger partial charge on any atom is 0.218 e. The third-order valence-electron chi connectivity index (χ3n) is 7.27. The molecule has 0 saturated heterocycles. The predicted octanol–water partition coefficient (Wildman–Crippen LogP) is 8.50. The highest BCUT2D eigenvalue weighted by atomic mass is 32.1. The number of anilines is 1. The molecule has 1 fully saturated rings. The third-order valence-corrected chi connectivity index (χ3v) is 7.66. The Hall–Kier alpha value is -4.68. The molecule has 0 aliphatic heterocycles. The highest BCUT2D eigenvalue weighted by molar-refractivity contribution is 7.80. The molecule has 6 N–H and O–H groups in total. The maximum absolute atomic E-state index is 10.5. The standard InChI is InChI=1S/C30H28N8O2S2/c39-27-25(21-11-4-5-12-23(21)33-27)35-38-30(42)32-20-10-6-7-17(15-20)18-13-14-22-24(16-18)34-28(40)26(22)36-37-29(41)31-19-8-2-1-3-9-19/h4-7,10-16,19,33-34,39-40H,1-3,8-9H2,(H,31,41)(H,32,42). The molecule has 6 rings (SSSR count). The lowest BCUT2D eigenvalue weighted by Gasteiger charge is -2.22. The molecule has 5 aromatic rings. The summed E-state index contributed by atoms with van der Waals surface area (Å²) in [7, 11) is 0. The number of aromatic nitrogens is 2. The van der Waals surface area contributed by atoms with Crippen LogP contribution in [0.5, 0.6) is 11.8 Å². The monoisotopic (exact) mass is 596 g/mol. The number of nitrogens with one attached hydrogen (secondary N) is 4. The number of rotatable bonds is 5. The van der Waals surface area contributed by atoms with Crippen molar-refractivity contribution >= 4 is 73.5 Å². The summed E-state index contributed by atoms with van der Waals surface area (Å²) in [5.41, 5.74) is 4.71. The quantitative estimate of drug-likeness (QED) is 0.0886. The lowest BCUT2D eigenvalue weighted by Crippen LogP contribution is -2.33. The molecule has 42 heavy (non-hydrogen) atoms. The van der Waals surface area contributed by atoms with Gasteiger partial charge in [-0.3, -0.25) is 0 Å².